The number of hydrogen-bond acceptors (Lipinski definition) is 6. The van der Waals surface area contributed by atoms with E-state index in [9.17, 15) is 14.4 Å². The van der Waals surface area contributed by atoms with E-state index in [2.05, 4.69) is 15.8 Å². The van der Waals surface area contributed by atoms with Gasteiger partial charge < -0.3 is 19.7 Å². The van der Waals surface area contributed by atoms with Crippen LogP contribution in [0.2, 0.25) is 5.02 Å². The Morgan fingerprint density at radius 1 is 1.30 bits per heavy atom. The average Bonchev–Trinajstić information content (AvgIpc) is 2.66. The van der Waals surface area contributed by atoms with Crippen molar-refractivity contribution < 1.29 is 23.9 Å². The van der Waals surface area contributed by atoms with Crippen LogP contribution in [0.5, 0.6) is 5.75 Å². The predicted molar refractivity (Wildman–Crippen MR) is 99.9 cm³/mol. The number of nitrogens with one attached hydrogen (secondary N) is 2. The van der Waals surface area contributed by atoms with Crippen LogP contribution < -0.4 is 15.5 Å². The van der Waals surface area contributed by atoms with Gasteiger partial charge in [-0.2, -0.15) is 5.10 Å². The van der Waals surface area contributed by atoms with Crippen LogP contribution in [0.4, 0.5) is 5.69 Å². The third kappa shape index (κ3) is 6.22. The number of amides is 3. The van der Waals surface area contributed by atoms with Gasteiger partial charge in [0.15, 0.2) is 0 Å². The number of carbonyl (C=O) groups is 3. The van der Waals surface area contributed by atoms with Crippen molar-refractivity contribution in [3.63, 3.8) is 0 Å². The van der Waals surface area contributed by atoms with Gasteiger partial charge in [0.25, 0.3) is 0 Å². The van der Waals surface area contributed by atoms with Crippen LogP contribution in [0, 0.1) is 0 Å². The van der Waals surface area contributed by atoms with Crippen LogP contribution >= 0.6 is 11.6 Å². The minimum Gasteiger partial charge on any atom is -0.495 e. The Labute approximate surface area is 161 Å². The van der Waals surface area contributed by atoms with Gasteiger partial charge in [0.05, 0.1) is 32.4 Å². The summed E-state index contributed by atoms with van der Waals surface area (Å²) in [6.07, 6.45) is -0.0817. The zero-order valence-electron chi connectivity index (χ0n) is 15.1. The van der Waals surface area contributed by atoms with Crippen LogP contribution in [0.1, 0.15) is 13.3 Å². The molecule has 146 valence electrons. The molecule has 10 heteroatoms. The first-order valence-corrected chi connectivity index (χ1v) is 8.62. The molecule has 1 aliphatic heterocycles. The molecule has 1 aliphatic rings. The summed E-state index contributed by atoms with van der Waals surface area (Å²) >= 11 is 5.92. The van der Waals surface area contributed by atoms with Gasteiger partial charge in [-0.1, -0.05) is 11.6 Å². The molecule has 9 nitrogen and oxygen atoms in total. The molecule has 2 N–H and O–H groups in total. The van der Waals surface area contributed by atoms with Gasteiger partial charge in [-0.05, 0) is 25.1 Å². The number of rotatable bonds is 5. The summed E-state index contributed by atoms with van der Waals surface area (Å²) < 4.78 is 10.3. The summed E-state index contributed by atoms with van der Waals surface area (Å²) in [6.45, 7) is 3.08. The van der Waals surface area contributed by atoms with E-state index in [1.807, 2.05) is 0 Å². The Hall–Kier alpha value is -2.65. The molecule has 1 fully saturated rings. The molecule has 0 aromatic heterocycles. The highest BCUT2D eigenvalue weighted by Gasteiger charge is 2.23. The lowest BCUT2D eigenvalue weighted by Gasteiger charge is -2.25. The first kappa shape index (κ1) is 20.7. The van der Waals surface area contributed by atoms with E-state index in [0.717, 1.165) is 0 Å². The van der Waals surface area contributed by atoms with Gasteiger partial charge in [-0.15, -0.1) is 0 Å². The summed E-state index contributed by atoms with van der Waals surface area (Å²) in [5.74, 6) is -1.44. The molecule has 1 saturated heterocycles. The zero-order valence-corrected chi connectivity index (χ0v) is 15.8. The fourth-order valence-corrected chi connectivity index (χ4v) is 2.52. The minimum atomic E-state index is -0.854. The van der Waals surface area contributed by atoms with Crippen molar-refractivity contribution >= 4 is 40.7 Å². The van der Waals surface area contributed by atoms with Gasteiger partial charge in [0.2, 0.25) is 5.91 Å². The number of hydrazone groups is 1. The van der Waals surface area contributed by atoms with Crippen LogP contribution in [0.25, 0.3) is 0 Å². The van der Waals surface area contributed by atoms with Crippen molar-refractivity contribution in [2.45, 2.75) is 13.3 Å². The number of anilines is 1. The monoisotopic (exact) mass is 396 g/mol. The molecule has 0 unspecified atom stereocenters. The third-order valence-electron chi connectivity index (χ3n) is 3.69. The SMILES string of the molecule is COc1ccc(Cl)cc1NC(=O)C/C(C)=N\NC(=O)C(=O)N1CCOCC1. The Balaban J connectivity index is 1.87. The molecule has 2 rings (SSSR count). The lowest BCUT2D eigenvalue weighted by Crippen LogP contribution is -2.47. The molecule has 0 radical (unpaired) electrons. The first-order valence-electron chi connectivity index (χ1n) is 8.24. The van der Waals surface area contributed by atoms with E-state index in [0.29, 0.717) is 48.5 Å². The van der Waals surface area contributed by atoms with Crippen molar-refractivity contribution in [2.24, 2.45) is 5.10 Å². The van der Waals surface area contributed by atoms with Gasteiger partial charge in [0.1, 0.15) is 5.75 Å². The highest BCUT2D eigenvalue weighted by atomic mass is 35.5. The number of nitrogens with zero attached hydrogens (tertiary/aromatic N) is 2. The lowest BCUT2D eigenvalue weighted by molar-refractivity contribution is -0.148. The average molecular weight is 397 g/mol. The fourth-order valence-electron chi connectivity index (χ4n) is 2.35. The second-order valence-electron chi connectivity index (χ2n) is 5.76. The van der Waals surface area contributed by atoms with Crippen molar-refractivity contribution in [1.82, 2.24) is 10.3 Å². The quantitative estimate of drug-likeness (QED) is 0.439. The van der Waals surface area contributed by atoms with Crippen molar-refractivity contribution in [1.29, 1.82) is 0 Å². The van der Waals surface area contributed by atoms with E-state index >= 15 is 0 Å². The maximum Gasteiger partial charge on any atom is 0.329 e. The highest BCUT2D eigenvalue weighted by Crippen LogP contribution is 2.27. The predicted octanol–water partition coefficient (Wildman–Crippen LogP) is 1.03. The smallest absolute Gasteiger partial charge is 0.329 e. The van der Waals surface area contributed by atoms with E-state index < -0.39 is 11.8 Å². The fraction of sp³-hybridized carbons (Fsp3) is 0.412. The summed E-state index contributed by atoms with van der Waals surface area (Å²) in [5, 5.41) is 6.92. The van der Waals surface area contributed by atoms with E-state index in [4.69, 9.17) is 21.1 Å². The second kappa shape index (κ2) is 9.89. The molecule has 1 heterocycles. The molecule has 1 aromatic rings. The normalized spacial score (nSPS) is 14.5. The lowest BCUT2D eigenvalue weighted by atomic mass is 10.2. The molecule has 0 saturated carbocycles. The highest BCUT2D eigenvalue weighted by molar-refractivity contribution is 6.35. The molecule has 0 atom stereocenters. The summed E-state index contributed by atoms with van der Waals surface area (Å²) in [6, 6.07) is 4.84. The Morgan fingerprint density at radius 2 is 2.00 bits per heavy atom. The Kier molecular flexibility index (Phi) is 7.56. The number of halogens is 1. The minimum absolute atomic E-state index is 0.0817. The topological polar surface area (TPSA) is 109 Å². The number of methoxy groups -OCH3 is 1. The molecule has 0 spiro atoms. The summed E-state index contributed by atoms with van der Waals surface area (Å²) in [4.78, 5) is 37.3. The van der Waals surface area contributed by atoms with E-state index in [1.54, 1.807) is 25.1 Å². The van der Waals surface area contributed by atoms with E-state index in [-0.39, 0.29) is 12.3 Å². The largest absolute Gasteiger partial charge is 0.495 e. The number of benzene rings is 1. The Morgan fingerprint density at radius 3 is 2.67 bits per heavy atom. The maximum absolute atomic E-state index is 12.1. The second-order valence-corrected chi connectivity index (χ2v) is 6.20. The number of ether oxygens (including phenoxy) is 2. The van der Waals surface area contributed by atoms with Crippen LogP contribution in [-0.4, -0.2) is 61.7 Å². The molecular formula is C17H21ClN4O5. The van der Waals surface area contributed by atoms with Gasteiger partial charge in [-0.3, -0.25) is 14.4 Å². The molecular weight excluding hydrogens is 376 g/mol. The number of hydrogen-bond donors (Lipinski definition) is 2. The van der Waals surface area contributed by atoms with Crippen molar-refractivity contribution in [3.05, 3.63) is 23.2 Å². The van der Waals surface area contributed by atoms with Crippen LogP contribution in [-0.2, 0) is 19.1 Å². The van der Waals surface area contributed by atoms with E-state index in [1.165, 1.54) is 12.0 Å². The van der Waals surface area contributed by atoms with Gasteiger partial charge >= 0.3 is 11.8 Å². The molecule has 3 amide bonds. The van der Waals surface area contributed by atoms with Gasteiger partial charge in [-0.25, -0.2) is 5.43 Å². The first-order chi connectivity index (χ1) is 12.9. The van der Waals surface area contributed by atoms with Gasteiger partial charge in [0, 0.05) is 23.8 Å². The molecule has 0 aliphatic carbocycles. The van der Waals surface area contributed by atoms with Crippen molar-refractivity contribution in [3.8, 4) is 5.75 Å². The molecule has 0 bridgehead atoms. The van der Waals surface area contributed by atoms with Crippen LogP contribution in [0.15, 0.2) is 23.3 Å². The van der Waals surface area contributed by atoms with Crippen LogP contribution in [0.3, 0.4) is 0 Å². The zero-order chi connectivity index (χ0) is 19.8. The Bertz CT molecular complexity index is 747. The molecule has 1 aromatic carbocycles. The third-order valence-corrected chi connectivity index (χ3v) is 3.93. The number of morpholine rings is 1. The van der Waals surface area contributed by atoms with Crippen molar-refractivity contribution in [2.75, 3.05) is 38.7 Å². The summed E-state index contributed by atoms with van der Waals surface area (Å²) in [7, 11) is 1.48. The summed E-state index contributed by atoms with van der Waals surface area (Å²) in [5.41, 5.74) is 2.93. The standard InChI is InChI=1S/C17H21ClN4O5/c1-11(20-21-16(24)17(25)22-5-7-27-8-6-22)9-15(23)19-13-10-12(18)3-4-14(13)26-2/h3-4,10H,5-9H2,1-2H3,(H,19,23)(H,21,24)/b20-11-. The molecule has 27 heavy (non-hydrogen) atoms. The maximum atomic E-state index is 12.1. The number of carbonyl (C=O) groups excluding carboxylic acids is 3.